The summed E-state index contributed by atoms with van der Waals surface area (Å²) in [4.78, 5) is 30.1. The van der Waals surface area contributed by atoms with Gasteiger partial charge in [-0.05, 0) is 44.9 Å². The maximum Gasteiger partial charge on any atom is 0.254 e. The Morgan fingerprint density at radius 1 is 1.30 bits per heavy atom. The predicted molar refractivity (Wildman–Crippen MR) is 87.2 cm³/mol. The molecule has 3 heterocycles. The summed E-state index contributed by atoms with van der Waals surface area (Å²) in [6, 6.07) is 5.68. The van der Waals surface area contributed by atoms with Crippen LogP contribution in [0.1, 0.15) is 46.6 Å². The van der Waals surface area contributed by atoms with E-state index in [4.69, 9.17) is 0 Å². The summed E-state index contributed by atoms with van der Waals surface area (Å²) in [6.07, 6.45) is 3.77. The first kappa shape index (κ1) is 14.0. The number of rotatable bonds is 2. The van der Waals surface area contributed by atoms with E-state index in [0.29, 0.717) is 5.56 Å². The van der Waals surface area contributed by atoms with Crippen molar-refractivity contribution in [3.8, 4) is 0 Å². The molecule has 2 aromatic heterocycles. The first-order chi connectivity index (χ1) is 11.1. The van der Waals surface area contributed by atoms with Gasteiger partial charge in [0.15, 0.2) is 0 Å². The van der Waals surface area contributed by atoms with E-state index in [-0.39, 0.29) is 11.9 Å². The zero-order valence-corrected chi connectivity index (χ0v) is 13.3. The molecule has 6 nitrogen and oxygen atoms in total. The van der Waals surface area contributed by atoms with Gasteiger partial charge in [-0.25, -0.2) is 9.97 Å². The van der Waals surface area contributed by atoms with Gasteiger partial charge in [0, 0.05) is 24.0 Å². The number of amides is 1. The van der Waals surface area contributed by atoms with E-state index in [2.05, 4.69) is 19.9 Å². The van der Waals surface area contributed by atoms with Crippen LogP contribution >= 0.6 is 0 Å². The minimum atomic E-state index is 0.0374. The van der Waals surface area contributed by atoms with Crippen LogP contribution in [0.4, 0.5) is 0 Å². The summed E-state index contributed by atoms with van der Waals surface area (Å²) in [7, 11) is 0. The number of carbonyl (C=O) groups is 1. The van der Waals surface area contributed by atoms with Gasteiger partial charge in [0.05, 0.1) is 17.1 Å². The van der Waals surface area contributed by atoms with E-state index in [1.807, 2.05) is 43.1 Å². The highest BCUT2D eigenvalue weighted by Crippen LogP contribution is 2.31. The highest BCUT2D eigenvalue weighted by atomic mass is 16.2. The summed E-state index contributed by atoms with van der Waals surface area (Å²) in [5.41, 5.74) is 3.50. The highest BCUT2D eigenvalue weighted by Gasteiger charge is 2.32. The second kappa shape index (κ2) is 5.22. The number of nitrogens with zero attached hydrogens (tertiary/aromatic N) is 3. The number of likely N-dealkylation sites (tertiary alicyclic amines) is 1. The Morgan fingerprint density at radius 3 is 2.96 bits per heavy atom. The van der Waals surface area contributed by atoms with Crippen molar-refractivity contribution in [1.82, 2.24) is 24.8 Å². The number of nitrogens with one attached hydrogen (secondary N) is 2. The molecule has 1 saturated heterocycles. The van der Waals surface area contributed by atoms with Crippen LogP contribution in [-0.2, 0) is 0 Å². The van der Waals surface area contributed by atoms with Crippen LogP contribution in [0.5, 0.6) is 0 Å². The molecule has 1 amide bonds. The summed E-state index contributed by atoms with van der Waals surface area (Å²) in [6.45, 7) is 4.66. The van der Waals surface area contributed by atoms with Crippen molar-refractivity contribution in [2.24, 2.45) is 0 Å². The average Bonchev–Trinajstić information content (AvgIpc) is 3.23. The third-order valence-electron chi connectivity index (χ3n) is 4.40. The standard InChI is InChI=1S/C17H19N5O/c1-10-9-18-16(19-10)15-4-3-7-22(15)17(23)12-5-6-13-14(8-12)21-11(2)20-13/h5-6,8-9,15H,3-4,7H2,1-2H3,(H,18,19)(H,20,21)/t15-/m1/s1. The lowest BCUT2D eigenvalue weighted by Crippen LogP contribution is -2.31. The Hall–Kier alpha value is -2.63. The van der Waals surface area contributed by atoms with Crippen molar-refractivity contribution in [3.05, 3.63) is 47.3 Å². The molecular weight excluding hydrogens is 290 g/mol. The van der Waals surface area contributed by atoms with Crippen molar-refractivity contribution in [1.29, 1.82) is 0 Å². The molecule has 1 fully saturated rings. The number of aryl methyl sites for hydroxylation is 2. The Bertz CT molecular complexity index is 878. The summed E-state index contributed by atoms with van der Waals surface area (Å²) in [5, 5.41) is 0. The van der Waals surface area contributed by atoms with Crippen LogP contribution in [0.25, 0.3) is 11.0 Å². The lowest BCUT2D eigenvalue weighted by molar-refractivity contribution is 0.0730. The van der Waals surface area contributed by atoms with Gasteiger partial charge in [0.1, 0.15) is 11.6 Å². The van der Waals surface area contributed by atoms with Gasteiger partial charge >= 0.3 is 0 Å². The van der Waals surface area contributed by atoms with Crippen LogP contribution in [0.3, 0.4) is 0 Å². The fourth-order valence-electron chi connectivity index (χ4n) is 3.33. The number of hydrogen-bond donors (Lipinski definition) is 2. The molecule has 118 valence electrons. The molecule has 0 unspecified atom stereocenters. The first-order valence-corrected chi connectivity index (χ1v) is 7.90. The molecule has 0 radical (unpaired) electrons. The summed E-state index contributed by atoms with van der Waals surface area (Å²) in [5.74, 6) is 1.79. The molecule has 0 saturated carbocycles. The number of benzene rings is 1. The SMILES string of the molecule is Cc1cnc([C@H]2CCCN2C(=O)c2ccc3nc(C)[nH]c3c2)[nH]1. The third-order valence-corrected chi connectivity index (χ3v) is 4.40. The van der Waals surface area contributed by atoms with Crippen molar-refractivity contribution in [2.75, 3.05) is 6.54 Å². The third kappa shape index (κ3) is 2.40. The lowest BCUT2D eigenvalue weighted by Gasteiger charge is -2.23. The van der Waals surface area contributed by atoms with E-state index < -0.39 is 0 Å². The van der Waals surface area contributed by atoms with E-state index in [0.717, 1.165) is 47.8 Å². The lowest BCUT2D eigenvalue weighted by atomic mass is 10.1. The maximum atomic E-state index is 12.9. The molecule has 1 atom stereocenters. The van der Waals surface area contributed by atoms with Crippen molar-refractivity contribution in [3.63, 3.8) is 0 Å². The molecule has 4 rings (SSSR count). The van der Waals surface area contributed by atoms with Crippen LogP contribution < -0.4 is 0 Å². The average molecular weight is 309 g/mol. The minimum Gasteiger partial charge on any atom is -0.344 e. The normalized spacial score (nSPS) is 18.0. The van der Waals surface area contributed by atoms with Gasteiger partial charge in [-0.15, -0.1) is 0 Å². The van der Waals surface area contributed by atoms with Gasteiger partial charge in [-0.3, -0.25) is 4.79 Å². The number of H-pyrrole nitrogens is 2. The Balaban J connectivity index is 1.66. The van der Waals surface area contributed by atoms with Crippen LogP contribution in [0, 0.1) is 13.8 Å². The molecule has 1 aromatic carbocycles. The summed E-state index contributed by atoms with van der Waals surface area (Å²) < 4.78 is 0. The van der Waals surface area contributed by atoms with Gasteiger partial charge < -0.3 is 14.9 Å². The Morgan fingerprint density at radius 2 is 2.17 bits per heavy atom. The molecule has 6 heteroatoms. The van der Waals surface area contributed by atoms with Crippen LogP contribution in [0.2, 0.25) is 0 Å². The van der Waals surface area contributed by atoms with Gasteiger partial charge in [-0.2, -0.15) is 0 Å². The largest absolute Gasteiger partial charge is 0.344 e. The number of imidazole rings is 2. The zero-order valence-electron chi connectivity index (χ0n) is 13.3. The smallest absolute Gasteiger partial charge is 0.254 e. The Kier molecular flexibility index (Phi) is 3.18. The zero-order chi connectivity index (χ0) is 16.0. The fraction of sp³-hybridized carbons (Fsp3) is 0.353. The number of aromatic nitrogens is 4. The highest BCUT2D eigenvalue weighted by molar-refractivity contribution is 5.97. The Labute approximate surface area is 133 Å². The van der Waals surface area contributed by atoms with Crippen LogP contribution in [-0.4, -0.2) is 37.3 Å². The second-order valence-electron chi connectivity index (χ2n) is 6.16. The van der Waals surface area contributed by atoms with Gasteiger partial charge in [0.25, 0.3) is 5.91 Å². The molecule has 0 spiro atoms. The van der Waals surface area contributed by atoms with Gasteiger partial charge in [-0.1, -0.05) is 0 Å². The number of hydrogen-bond acceptors (Lipinski definition) is 3. The summed E-state index contributed by atoms with van der Waals surface area (Å²) >= 11 is 0. The van der Waals surface area contributed by atoms with E-state index in [1.54, 1.807) is 0 Å². The number of carbonyl (C=O) groups excluding carboxylic acids is 1. The molecule has 1 aliphatic rings. The molecular formula is C17H19N5O. The van der Waals surface area contributed by atoms with E-state index in [9.17, 15) is 4.79 Å². The van der Waals surface area contributed by atoms with E-state index in [1.165, 1.54) is 0 Å². The van der Waals surface area contributed by atoms with Gasteiger partial charge in [0.2, 0.25) is 0 Å². The number of fused-ring (bicyclic) bond motifs is 1. The monoisotopic (exact) mass is 309 g/mol. The second-order valence-corrected chi connectivity index (χ2v) is 6.16. The quantitative estimate of drug-likeness (QED) is 0.764. The van der Waals surface area contributed by atoms with Crippen molar-refractivity contribution < 1.29 is 4.79 Å². The van der Waals surface area contributed by atoms with Crippen molar-refractivity contribution in [2.45, 2.75) is 32.7 Å². The number of aromatic amines is 2. The first-order valence-electron chi connectivity index (χ1n) is 7.90. The van der Waals surface area contributed by atoms with Crippen LogP contribution in [0.15, 0.2) is 24.4 Å². The fourth-order valence-corrected chi connectivity index (χ4v) is 3.33. The minimum absolute atomic E-state index is 0.0374. The molecule has 0 aliphatic carbocycles. The molecule has 23 heavy (non-hydrogen) atoms. The molecule has 1 aliphatic heterocycles. The molecule has 2 N–H and O–H groups in total. The predicted octanol–water partition coefficient (Wildman–Crippen LogP) is 2.88. The topological polar surface area (TPSA) is 77.7 Å². The van der Waals surface area contributed by atoms with Crippen molar-refractivity contribution >= 4 is 16.9 Å². The molecule has 3 aromatic rings. The van der Waals surface area contributed by atoms with E-state index >= 15 is 0 Å². The maximum absolute atomic E-state index is 12.9. The molecule has 0 bridgehead atoms.